The molecule has 1 aromatic carbocycles. The molecule has 1 heterocycles. The molecule has 2 nitrogen and oxygen atoms in total. The molecule has 0 saturated heterocycles. The summed E-state index contributed by atoms with van der Waals surface area (Å²) in [5.74, 6) is 0. The summed E-state index contributed by atoms with van der Waals surface area (Å²) in [6, 6.07) is 7.09. The molecule has 0 amide bonds. The highest BCUT2D eigenvalue weighted by atomic mass is 32.1. The minimum absolute atomic E-state index is 0.0466. The van der Waals surface area contributed by atoms with E-state index in [4.69, 9.17) is 0 Å². The summed E-state index contributed by atoms with van der Waals surface area (Å²) in [5.41, 5.74) is 0.811. The summed E-state index contributed by atoms with van der Waals surface area (Å²) in [7, 11) is 0. The minimum atomic E-state index is -2.43. The molecule has 1 N–H and O–H groups in total. The summed E-state index contributed by atoms with van der Waals surface area (Å²) in [6.07, 6.45) is 1.89. The highest BCUT2D eigenvalue weighted by Gasteiger charge is 2.20. The van der Waals surface area contributed by atoms with Gasteiger partial charge in [-0.05, 0) is 18.9 Å². The van der Waals surface area contributed by atoms with Gasteiger partial charge in [0.05, 0.1) is 0 Å². The van der Waals surface area contributed by atoms with E-state index in [0.717, 1.165) is 22.0 Å². The van der Waals surface area contributed by atoms with Crippen LogP contribution < -0.4 is 5.32 Å². The lowest BCUT2D eigenvalue weighted by molar-refractivity contribution is 0.151. The number of hydrogen-bond donors (Lipinski definition) is 1. The average molecular weight is 280 g/mol. The van der Waals surface area contributed by atoms with Gasteiger partial charge in [-0.15, -0.1) is 11.3 Å². The SMILES string of the molecule is FC(F)c1cccc(-c2ncc(CNC3CC3)s2)c1. The van der Waals surface area contributed by atoms with Gasteiger partial charge in [0.15, 0.2) is 0 Å². The Morgan fingerprint density at radius 1 is 1.37 bits per heavy atom. The van der Waals surface area contributed by atoms with Crippen molar-refractivity contribution in [1.82, 2.24) is 10.3 Å². The Labute approximate surface area is 114 Å². The molecule has 100 valence electrons. The van der Waals surface area contributed by atoms with Crippen molar-refractivity contribution in [3.63, 3.8) is 0 Å². The van der Waals surface area contributed by atoms with Crippen LogP contribution in [0, 0.1) is 0 Å². The Hall–Kier alpha value is -1.33. The number of nitrogens with one attached hydrogen (secondary N) is 1. The van der Waals surface area contributed by atoms with Crippen LogP contribution >= 0.6 is 11.3 Å². The van der Waals surface area contributed by atoms with Crippen LogP contribution in [0.1, 0.15) is 29.7 Å². The minimum Gasteiger partial charge on any atom is -0.309 e. The fraction of sp³-hybridized carbons (Fsp3) is 0.357. The van der Waals surface area contributed by atoms with E-state index in [9.17, 15) is 8.78 Å². The molecule has 0 spiro atoms. The van der Waals surface area contributed by atoms with Gasteiger partial charge in [0.2, 0.25) is 0 Å². The summed E-state index contributed by atoms with van der Waals surface area (Å²) in [6.45, 7) is 0.816. The molecule has 0 atom stereocenters. The van der Waals surface area contributed by atoms with Crippen molar-refractivity contribution in [2.45, 2.75) is 31.9 Å². The third-order valence-corrected chi connectivity index (χ3v) is 4.13. The summed E-state index contributed by atoms with van der Waals surface area (Å²) in [4.78, 5) is 5.46. The Balaban J connectivity index is 1.75. The van der Waals surface area contributed by atoms with Gasteiger partial charge in [0.1, 0.15) is 5.01 Å². The number of hydrogen-bond acceptors (Lipinski definition) is 3. The van der Waals surface area contributed by atoms with E-state index in [1.54, 1.807) is 17.4 Å². The van der Waals surface area contributed by atoms with Crippen molar-refractivity contribution in [1.29, 1.82) is 0 Å². The van der Waals surface area contributed by atoms with Crippen molar-refractivity contribution in [2.75, 3.05) is 0 Å². The second-order valence-corrected chi connectivity index (χ2v) is 5.83. The van der Waals surface area contributed by atoms with Crippen molar-refractivity contribution < 1.29 is 8.78 Å². The normalized spacial score (nSPS) is 15.1. The number of nitrogens with zero attached hydrogens (tertiary/aromatic N) is 1. The van der Waals surface area contributed by atoms with Gasteiger partial charge < -0.3 is 5.32 Å². The van der Waals surface area contributed by atoms with Gasteiger partial charge in [-0.25, -0.2) is 13.8 Å². The Morgan fingerprint density at radius 2 is 2.21 bits per heavy atom. The average Bonchev–Trinajstić information content (AvgIpc) is 3.13. The first kappa shape index (κ1) is 12.7. The Morgan fingerprint density at radius 3 is 2.95 bits per heavy atom. The summed E-state index contributed by atoms with van der Waals surface area (Å²) >= 11 is 1.56. The topological polar surface area (TPSA) is 24.9 Å². The molecule has 0 aliphatic heterocycles. The first-order chi connectivity index (χ1) is 9.22. The van der Waals surface area contributed by atoms with Gasteiger partial charge >= 0.3 is 0 Å². The van der Waals surface area contributed by atoms with E-state index in [1.807, 2.05) is 12.3 Å². The molecule has 1 aliphatic carbocycles. The van der Waals surface area contributed by atoms with Crippen LogP contribution in [0.5, 0.6) is 0 Å². The van der Waals surface area contributed by atoms with E-state index in [2.05, 4.69) is 10.3 Å². The summed E-state index contributed by atoms with van der Waals surface area (Å²) in [5, 5.41) is 4.22. The van der Waals surface area contributed by atoms with E-state index in [-0.39, 0.29) is 5.56 Å². The van der Waals surface area contributed by atoms with Crippen molar-refractivity contribution in [3.05, 3.63) is 40.9 Å². The molecule has 0 bridgehead atoms. The van der Waals surface area contributed by atoms with E-state index < -0.39 is 6.43 Å². The lowest BCUT2D eigenvalue weighted by atomic mass is 10.1. The maximum Gasteiger partial charge on any atom is 0.263 e. The maximum atomic E-state index is 12.7. The Kier molecular flexibility index (Phi) is 3.57. The lowest BCUT2D eigenvalue weighted by Crippen LogP contribution is -2.14. The summed E-state index contributed by atoms with van der Waals surface area (Å²) < 4.78 is 25.3. The molecule has 2 aromatic rings. The second-order valence-electron chi connectivity index (χ2n) is 4.71. The first-order valence-corrected chi connectivity index (χ1v) is 7.10. The monoisotopic (exact) mass is 280 g/mol. The van der Waals surface area contributed by atoms with Crippen LogP contribution in [0.4, 0.5) is 8.78 Å². The number of aromatic nitrogens is 1. The van der Waals surface area contributed by atoms with Crippen molar-refractivity contribution in [3.8, 4) is 10.6 Å². The van der Waals surface area contributed by atoms with Gasteiger partial charge in [0.25, 0.3) is 6.43 Å². The first-order valence-electron chi connectivity index (χ1n) is 6.29. The van der Waals surface area contributed by atoms with Gasteiger partial charge in [-0.3, -0.25) is 0 Å². The van der Waals surface area contributed by atoms with Crippen LogP contribution in [-0.4, -0.2) is 11.0 Å². The van der Waals surface area contributed by atoms with Gasteiger partial charge in [-0.2, -0.15) is 0 Å². The van der Waals surface area contributed by atoms with Gasteiger partial charge in [0, 0.05) is 34.8 Å². The molecule has 19 heavy (non-hydrogen) atoms. The fourth-order valence-corrected chi connectivity index (χ4v) is 2.72. The van der Waals surface area contributed by atoms with Crippen molar-refractivity contribution >= 4 is 11.3 Å². The molecule has 0 radical (unpaired) electrons. The van der Waals surface area contributed by atoms with Crippen molar-refractivity contribution in [2.24, 2.45) is 0 Å². The number of benzene rings is 1. The lowest BCUT2D eigenvalue weighted by Gasteiger charge is -2.01. The third kappa shape index (κ3) is 3.16. The predicted octanol–water partition coefficient (Wildman–Crippen LogP) is 4.00. The quantitative estimate of drug-likeness (QED) is 0.895. The number of thiazole rings is 1. The standard InChI is InChI=1S/C14H14F2N2S/c15-13(16)9-2-1-3-10(6-9)14-18-8-12(19-14)7-17-11-4-5-11/h1-3,6,8,11,13,17H,4-5,7H2. The number of halogens is 2. The van der Waals surface area contributed by atoms with Crippen LogP contribution in [0.3, 0.4) is 0 Å². The zero-order chi connectivity index (χ0) is 13.2. The van der Waals surface area contributed by atoms with Gasteiger partial charge in [-0.1, -0.05) is 18.2 Å². The van der Waals surface area contributed by atoms with Crippen LogP contribution in [0.15, 0.2) is 30.5 Å². The number of rotatable bonds is 5. The molecular weight excluding hydrogens is 266 g/mol. The molecule has 1 aliphatic rings. The third-order valence-electron chi connectivity index (χ3n) is 3.08. The zero-order valence-corrected chi connectivity index (χ0v) is 11.1. The van der Waals surface area contributed by atoms with E-state index in [1.165, 1.54) is 25.0 Å². The van der Waals surface area contributed by atoms with E-state index >= 15 is 0 Å². The molecule has 1 aromatic heterocycles. The molecule has 1 fully saturated rings. The molecule has 1 saturated carbocycles. The van der Waals surface area contributed by atoms with E-state index in [0.29, 0.717) is 6.04 Å². The van der Waals surface area contributed by atoms with Crippen LogP contribution in [0.2, 0.25) is 0 Å². The smallest absolute Gasteiger partial charge is 0.263 e. The highest BCUT2D eigenvalue weighted by molar-refractivity contribution is 7.15. The van der Waals surface area contributed by atoms with Crippen LogP contribution in [0.25, 0.3) is 10.6 Å². The molecule has 0 unspecified atom stereocenters. The largest absolute Gasteiger partial charge is 0.309 e. The van der Waals surface area contributed by atoms with Crippen LogP contribution in [-0.2, 0) is 6.54 Å². The maximum absolute atomic E-state index is 12.7. The zero-order valence-electron chi connectivity index (χ0n) is 10.3. The highest BCUT2D eigenvalue weighted by Crippen LogP contribution is 2.29. The second kappa shape index (κ2) is 5.35. The Bertz CT molecular complexity index is 564. The predicted molar refractivity (Wildman–Crippen MR) is 72.4 cm³/mol. The fourth-order valence-electron chi connectivity index (χ4n) is 1.86. The number of alkyl halides is 2. The molecule has 5 heteroatoms. The molecular formula is C14H14F2N2S. The molecule has 3 rings (SSSR count).